The van der Waals surface area contributed by atoms with Gasteiger partial charge >= 0.3 is 0 Å². The number of aryl methyl sites for hydroxylation is 1. The fourth-order valence-corrected chi connectivity index (χ4v) is 5.25. The standard InChI is InChI=1S/C26H22ClN5O2S/c1-15-22(24(33)30-20-7-5-4-6-8-20)23(17-9-11-19(27)12-10-17)32-25(34)21(35-26(32)29-15)13-18-14-28-31(3)16(18)2/h4-14,23H,1-3H3,(H,30,33). The van der Waals surface area contributed by atoms with Gasteiger partial charge in [-0.3, -0.25) is 18.8 Å². The highest BCUT2D eigenvalue weighted by Crippen LogP contribution is 2.31. The van der Waals surface area contributed by atoms with Gasteiger partial charge in [0, 0.05) is 29.0 Å². The smallest absolute Gasteiger partial charge is 0.271 e. The Balaban J connectivity index is 1.69. The maximum atomic E-state index is 13.7. The van der Waals surface area contributed by atoms with Gasteiger partial charge in [-0.1, -0.05) is 53.3 Å². The third-order valence-electron chi connectivity index (χ3n) is 6.04. The second-order valence-corrected chi connectivity index (χ2v) is 9.71. The van der Waals surface area contributed by atoms with E-state index >= 15 is 0 Å². The highest BCUT2D eigenvalue weighted by Gasteiger charge is 2.32. The first-order valence-electron chi connectivity index (χ1n) is 11.0. The van der Waals surface area contributed by atoms with Gasteiger partial charge in [0.05, 0.1) is 28.0 Å². The molecule has 4 aromatic rings. The average Bonchev–Trinajstić information content (AvgIpc) is 3.32. The summed E-state index contributed by atoms with van der Waals surface area (Å²) in [6, 6.07) is 15.8. The third-order valence-corrected chi connectivity index (χ3v) is 7.28. The van der Waals surface area contributed by atoms with Crippen LogP contribution in [0, 0.1) is 6.92 Å². The number of allylic oxidation sites excluding steroid dienone is 1. The molecule has 176 valence electrons. The van der Waals surface area contributed by atoms with Gasteiger partial charge in [0.15, 0.2) is 4.80 Å². The number of anilines is 1. The van der Waals surface area contributed by atoms with E-state index in [-0.39, 0.29) is 11.5 Å². The van der Waals surface area contributed by atoms with Crippen LogP contribution < -0.4 is 20.2 Å². The molecule has 1 N–H and O–H groups in total. The lowest BCUT2D eigenvalue weighted by atomic mass is 9.95. The van der Waals surface area contributed by atoms with Gasteiger partial charge in [-0.15, -0.1) is 0 Å². The number of aromatic nitrogens is 3. The molecule has 0 bridgehead atoms. The van der Waals surface area contributed by atoms with Crippen LogP contribution in [0.1, 0.15) is 29.8 Å². The van der Waals surface area contributed by atoms with Gasteiger partial charge < -0.3 is 5.32 Å². The van der Waals surface area contributed by atoms with Crippen LogP contribution in [0.25, 0.3) is 6.08 Å². The van der Waals surface area contributed by atoms with E-state index in [1.165, 1.54) is 11.3 Å². The van der Waals surface area contributed by atoms with E-state index in [2.05, 4.69) is 15.4 Å². The Hall–Kier alpha value is -3.75. The number of nitrogens with zero attached hydrogens (tertiary/aromatic N) is 4. The van der Waals surface area contributed by atoms with Crippen LogP contribution in [0.2, 0.25) is 5.02 Å². The number of thiazole rings is 1. The summed E-state index contributed by atoms with van der Waals surface area (Å²) in [7, 11) is 1.86. The fraction of sp³-hybridized carbons (Fsp3) is 0.154. The van der Waals surface area contributed by atoms with Gasteiger partial charge in [0.1, 0.15) is 0 Å². The monoisotopic (exact) mass is 503 g/mol. The SMILES string of the molecule is CC1=C(C(=O)Nc2ccccc2)C(c2ccc(Cl)cc2)n2c(sc(=Cc3cnn(C)c3C)c2=O)=N1. The maximum Gasteiger partial charge on any atom is 0.271 e. The first-order valence-corrected chi connectivity index (χ1v) is 12.2. The van der Waals surface area contributed by atoms with E-state index in [9.17, 15) is 9.59 Å². The summed E-state index contributed by atoms with van der Waals surface area (Å²) in [4.78, 5) is 32.4. The summed E-state index contributed by atoms with van der Waals surface area (Å²) in [6.45, 7) is 3.74. The zero-order valence-corrected chi connectivity index (χ0v) is 20.9. The Morgan fingerprint density at radius 2 is 1.83 bits per heavy atom. The molecule has 0 saturated heterocycles. The molecule has 2 aromatic heterocycles. The van der Waals surface area contributed by atoms with E-state index in [0.29, 0.717) is 31.3 Å². The van der Waals surface area contributed by atoms with Gasteiger partial charge in [-0.05, 0) is 49.8 Å². The van der Waals surface area contributed by atoms with Crippen molar-refractivity contribution in [1.82, 2.24) is 14.3 Å². The van der Waals surface area contributed by atoms with Gasteiger partial charge in [0.25, 0.3) is 11.5 Å². The number of halogens is 1. The minimum Gasteiger partial charge on any atom is -0.322 e. The Labute approximate surface area is 210 Å². The maximum absolute atomic E-state index is 13.7. The van der Waals surface area contributed by atoms with E-state index in [4.69, 9.17) is 11.6 Å². The lowest BCUT2D eigenvalue weighted by molar-refractivity contribution is -0.113. The van der Waals surface area contributed by atoms with Crippen LogP contribution in [0.3, 0.4) is 0 Å². The Morgan fingerprint density at radius 1 is 1.11 bits per heavy atom. The lowest BCUT2D eigenvalue weighted by Gasteiger charge is -2.25. The van der Waals surface area contributed by atoms with E-state index in [1.54, 1.807) is 34.5 Å². The highest BCUT2D eigenvalue weighted by molar-refractivity contribution is 7.07. The van der Waals surface area contributed by atoms with Crippen LogP contribution in [0.4, 0.5) is 5.69 Å². The van der Waals surface area contributed by atoms with Crippen molar-refractivity contribution in [2.24, 2.45) is 12.0 Å². The summed E-state index contributed by atoms with van der Waals surface area (Å²) in [5.74, 6) is -0.310. The zero-order chi connectivity index (χ0) is 24.7. The number of para-hydroxylation sites is 1. The first-order chi connectivity index (χ1) is 16.8. The molecule has 1 amide bonds. The molecule has 1 aliphatic heterocycles. The van der Waals surface area contributed by atoms with Crippen LogP contribution in [-0.2, 0) is 11.8 Å². The van der Waals surface area contributed by atoms with Crippen molar-refractivity contribution in [3.63, 3.8) is 0 Å². The van der Waals surface area contributed by atoms with Crippen LogP contribution in [0.5, 0.6) is 0 Å². The summed E-state index contributed by atoms with van der Waals surface area (Å²) < 4.78 is 3.88. The number of benzene rings is 2. The van der Waals surface area contributed by atoms with Crippen molar-refractivity contribution >= 4 is 40.6 Å². The van der Waals surface area contributed by atoms with Crippen molar-refractivity contribution in [1.29, 1.82) is 0 Å². The molecular formula is C26H22ClN5O2S. The largest absolute Gasteiger partial charge is 0.322 e. The van der Waals surface area contributed by atoms with Crippen LogP contribution in [0.15, 0.2) is 81.9 Å². The molecule has 5 rings (SSSR count). The molecule has 0 fully saturated rings. The van der Waals surface area contributed by atoms with Gasteiger partial charge in [0.2, 0.25) is 0 Å². The molecule has 2 aromatic carbocycles. The van der Waals surface area contributed by atoms with Crippen LogP contribution >= 0.6 is 22.9 Å². The molecule has 7 nitrogen and oxygen atoms in total. The topological polar surface area (TPSA) is 81.3 Å². The predicted octanol–water partition coefficient (Wildman–Crippen LogP) is 3.57. The van der Waals surface area contributed by atoms with E-state index in [1.807, 2.05) is 62.5 Å². The average molecular weight is 504 g/mol. The Morgan fingerprint density at radius 3 is 2.49 bits per heavy atom. The Kier molecular flexibility index (Phi) is 6.00. The predicted molar refractivity (Wildman–Crippen MR) is 138 cm³/mol. The second kappa shape index (κ2) is 9.13. The number of hydrogen-bond donors (Lipinski definition) is 1. The minimum atomic E-state index is -0.649. The zero-order valence-electron chi connectivity index (χ0n) is 19.3. The molecule has 9 heteroatoms. The number of amides is 1. The molecule has 3 heterocycles. The Bertz CT molecular complexity index is 1650. The molecule has 0 saturated carbocycles. The summed E-state index contributed by atoms with van der Waals surface area (Å²) >= 11 is 7.44. The summed E-state index contributed by atoms with van der Waals surface area (Å²) in [5.41, 5.74) is 4.00. The molecule has 1 aliphatic rings. The van der Waals surface area contributed by atoms with Gasteiger partial charge in [-0.25, -0.2) is 4.99 Å². The molecule has 0 spiro atoms. The van der Waals surface area contributed by atoms with Crippen LogP contribution in [-0.4, -0.2) is 20.3 Å². The molecule has 1 atom stereocenters. The summed E-state index contributed by atoms with van der Waals surface area (Å²) in [5, 5.41) is 7.79. The highest BCUT2D eigenvalue weighted by atomic mass is 35.5. The van der Waals surface area contributed by atoms with E-state index in [0.717, 1.165) is 16.8 Å². The van der Waals surface area contributed by atoms with Crippen molar-refractivity contribution in [2.45, 2.75) is 19.9 Å². The normalized spacial score (nSPS) is 15.7. The van der Waals surface area contributed by atoms with Crippen molar-refractivity contribution in [2.75, 3.05) is 5.32 Å². The summed E-state index contributed by atoms with van der Waals surface area (Å²) in [6.07, 6.45) is 3.56. The molecular weight excluding hydrogens is 482 g/mol. The van der Waals surface area contributed by atoms with Crippen molar-refractivity contribution in [3.8, 4) is 0 Å². The third kappa shape index (κ3) is 4.26. The first kappa shape index (κ1) is 23.0. The molecule has 0 radical (unpaired) electrons. The number of carbonyl (C=O) groups excluding carboxylic acids is 1. The number of carbonyl (C=O) groups is 1. The lowest BCUT2D eigenvalue weighted by Crippen LogP contribution is -2.40. The molecule has 35 heavy (non-hydrogen) atoms. The van der Waals surface area contributed by atoms with Gasteiger partial charge in [-0.2, -0.15) is 5.10 Å². The molecule has 0 aliphatic carbocycles. The van der Waals surface area contributed by atoms with Crippen molar-refractivity contribution in [3.05, 3.63) is 114 Å². The second-order valence-electron chi connectivity index (χ2n) is 8.26. The number of rotatable bonds is 4. The van der Waals surface area contributed by atoms with E-state index < -0.39 is 6.04 Å². The quantitative estimate of drug-likeness (QED) is 0.462. The number of nitrogens with one attached hydrogen (secondary N) is 1. The number of fused-ring (bicyclic) bond motifs is 1. The van der Waals surface area contributed by atoms with Crippen molar-refractivity contribution < 1.29 is 4.79 Å². The number of hydrogen-bond acceptors (Lipinski definition) is 5. The fourth-order valence-electron chi connectivity index (χ4n) is 4.09. The minimum absolute atomic E-state index is 0.213. The molecule has 1 unspecified atom stereocenters.